The van der Waals surface area contributed by atoms with Crippen molar-refractivity contribution in [2.75, 3.05) is 6.61 Å². The summed E-state index contributed by atoms with van der Waals surface area (Å²) in [6.07, 6.45) is -2.51. The molecule has 31 heavy (non-hydrogen) atoms. The molecule has 0 unspecified atom stereocenters. The molecule has 1 aromatic rings. The number of carbonyl (C=O) groups is 5. The predicted octanol–water partition coefficient (Wildman–Crippen LogP) is 0.977. The standard InChI is InChI=1S/C21H26N2O8/c1-13(24)23-20(28)10-18(22(23)11-17-8-6-5-7-9-17)21(31-16(4)27)19(30-15(3)26)12-29-14(2)25/h5-9,18-19,21H,10-12H2,1-4H3/t18-,19-,21-/m1/s1. The molecule has 0 radical (unpaired) electrons. The second-order valence-electron chi connectivity index (χ2n) is 7.10. The van der Waals surface area contributed by atoms with Crippen LogP contribution in [0.25, 0.3) is 0 Å². The molecule has 1 aliphatic rings. The lowest BCUT2D eigenvalue weighted by molar-refractivity contribution is -0.184. The first-order valence-electron chi connectivity index (χ1n) is 9.72. The molecule has 1 fully saturated rings. The Labute approximate surface area is 180 Å². The number of esters is 3. The van der Waals surface area contributed by atoms with Crippen LogP contribution in [0.15, 0.2) is 30.3 Å². The van der Waals surface area contributed by atoms with Crippen LogP contribution >= 0.6 is 0 Å². The van der Waals surface area contributed by atoms with Crippen LogP contribution in [0.3, 0.4) is 0 Å². The lowest BCUT2D eigenvalue weighted by Crippen LogP contribution is -2.54. The number of rotatable bonds is 8. The molecule has 0 saturated carbocycles. The Balaban J connectivity index is 2.44. The maximum atomic E-state index is 12.7. The van der Waals surface area contributed by atoms with E-state index in [2.05, 4.69) is 0 Å². The maximum absolute atomic E-state index is 12.7. The Morgan fingerprint density at radius 1 is 0.968 bits per heavy atom. The second kappa shape index (κ2) is 10.7. The average Bonchev–Trinajstić information content (AvgIpc) is 2.99. The lowest BCUT2D eigenvalue weighted by atomic mass is 10.0. The van der Waals surface area contributed by atoms with Gasteiger partial charge in [0.25, 0.3) is 0 Å². The smallest absolute Gasteiger partial charge is 0.303 e. The third-order valence-electron chi connectivity index (χ3n) is 4.56. The molecule has 0 spiro atoms. The minimum Gasteiger partial charge on any atom is -0.462 e. The fourth-order valence-electron chi connectivity index (χ4n) is 3.47. The van der Waals surface area contributed by atoms with E-state index in [0.717, 1.165) is 17.5 Å². The van der Waals surface area contributed by atoms with Gasteiger partial charge in [0.15, 0.2) is 12.2 Å². The predicted molar refractivity (Wildman–Crippen MR) is 106 cm³/mol. The fraction of sp³-hybridized carbons (Fsp3) is 0.476. The Hall–Kier alpha value is -3.27. The third-order valence-corrected chi connectivity index (χ3v) is 4.56. The summed E-state index contributed by atoms with van der Waals surface area (Å²) in [6, 6.07) is 8.26. The summed E-state index contributed by atoms with van der Waals surface area (Å²) in [5, 5.41) is 2.47. The van der Waals surface area contributed by atoms with E-state index in [1.807, 2.05) is 30.3 Å². The molecule has 3 atom stereocenters. The molecule has 1 heterocycles. The largest absolute Gasteiger partial charge is 0.462 e. The van der Waals surface area contributed by atoms with Crippen LogP contribution in [0.5, 0.6) is 0 Å². The van der Waals surface area contributed by atoms with Gasteiger partial charge in [0.1, 0.15) is 6.61 Å². The van der Waals surface area contributed by atoms with Gasteiger partial charge in [0.2, 0.25) is 11.8 Å². The molecule has 0 aromatic heterocycles. The van der Waals surface area contributed by atoms with Gasteiger partial charge < -0.3 is 14.2 Å². The number of ether oxygens (including phenoxy) is 3. The zero-order valence-corrected chi connectivity index (χ0v) is 17.9. The Kier molecular flexibility index (Phi) is 8.26. The third kappa shape index (κ3) is 6.61. The summed E-state index contributed by atoms with van der Waals surface area (Å²) in [6.45, 7) is 4.55. The highest BCUT2D eigenvalue weighted by molar-refractivity contribution is 5.95. The normalized spacial score (nSPS) is 18.3. The van der Waals surface area contributed by atoms with Gasteiger partial charge in [-0.3, -0.25) is 24.0 Å². The lowest BCUT2D eigenvalue weighted by Gasteiger charge is -2.36. The van der Waals surface area contributed by atoms with Crippen LogP contribution in [-0.4, -0.2) is 64.6 Å². The van der Waals surface area contributed by atoms with Crippen molar-refractivity contribution in [2.24, 2.45) is 0 Å². The first kappa shape index (κ1) is 24.0. The molecule has 10 heteroatoms. The van der Waals surface area contributed by atoms with Crippen molar-refractivity contribution in [1.29, 1.82) is 0 Å². The summed E-state index contributed by atoms with van der Waals surface area (Å²) in [5.41, 5.74) is 0.805. The van der Waals surface area contributed by atoms with Crippen LogP contribution in [0.2, 0.25) is 0 Å². The number of imide groups is 1. The minimum atomic E-state index is -1.17. The molecule has 1 saturated heterocycles. The number of benzene rings is 1. The SMILES string of the molecule is CC(=O)OC[C@@H](OC(C)=O)[C@H](OC(C)=O)[C@H]1CC(=O)N(C(C)=O)N1Cc1ccccc1. The van der Waals surface area contributed by atoms with Crippen molar-refractivity contribution in [1.82, 2.24) is 10.0 Å². The molecule has 1 aromatic carbocycles. The summed E-state index contributed by atoms with van der Waals surface area (Å²) in [7, 11) is 0. The van der Waals surface area contributed by atoms with Gasteiger partial charge in [-0.05, 0) is 5.56 Å². The van der Waals surface area contributed by atoms with Gasteiger partial charge in [-0.15, -0.1) is 0 Å². The highest BCUT2D eigenvalue weighted by Crippen LogP contribution is 2.29. The van der Waals surface area contributed by atoms with Gasteiger partial charge in [-0.25, -0.2) is 5.01 Å². The number of hydrazine groups is 1. The molecule has 168 valence electrons. The number of amides is 2. The second-order valence-corrected chi connectivity index (χ2v) is 7.10. The highest BCUT2D eigenvalue weighted by Gasteiger charge is 2.48. The monoisotopic (exact) mass is 434 g/mol. The Bertz CT molecular complexity index is 841. The van der Waals surface area contributed by atoms with E-state index in [9.17, 15) is 24.0 Å². The van der Waals surface area contributed by atoms with Crippen LogP contribution in [0, 0.1) is 0 Å². The maximum Gasteiger partial charge on any atom is 0.303 e. The van der Waals surface area contributed by atoms with Crippen molar-refractivity contribution in [2.45, 2.75) is 58.9 Å². The van der Waals surface area contributed by atoms with Crippen LogP contribution < -0.4 is 0 Å². The van der Waals surface area contributed by atoms with Gasteiger partial charge in [0, 0.05) is 40.7 Å². The van der Waals surface area contributed by atoms with Gasteiger partial charge in [-0.2, -0.15) is 5.01 Å². The van der Waals surface area contributed by atoms with E-state index >= 15 is 0 Å². The topological polar surface area (TPSA) is 120 Å². The van der Waals surface area contributed by atoms with E-state index in [-0.39, 0.29) is 19.6 Å². The zero-order valence-electron chi connectivity index (χ0n) is 17.9. The molecule has 2 rings (SSSR count). The molecular weight excluding hydrogens is 408 g/mol. The molecule has 0 N–H and O–H groups in total. The van der Waals surface area contributed by atoms with Crippen molar-refractivity contribution in [3.05, 3.63) is 35.9 Å². The number of hydrogen-bond acceptors (Lipinski definition) is 9. The fourth-order valence-corrected chi connectivity index (χ4v) is 3.47. The quantitative estimate of drug-likeness (QED) is 0.435. The van der Waals surface area contributed by atoms with Crippen molar-refractivity contribution in [3.8, 4) is 0 Å². The van der Waals surface area contributed by atoms with Crippen molar-refractivity contribution >= 4 is 29.7 Å². The number of carbonyl (C=O) groups excluding carboxylic acids is 5. The van der Waals surface area contributed by atoms with Gasteiger partial charge >= 0.3 is 17.9 Å². The molecule has 10 nitrogen and oxygen atoms in total. The average molecular weight is 434 g/mol. The summed E-state index contributed by atoms with van der Waals surface area (Å²) < 4.78 is 15.7. The zero-order chi connectivity index (χ0) is 23.1. The van der Waals surface area contributed by atoms with E-state index in [1.165, 1.54) is 25.8 Å². The van der Waals surface area contributed by atoms with E-state index < -0.39 is 48.0 Å². The molecule has 1 aliphatic heterocycles. The van der Waals surface area contributed by atoms with Gasteiger partial charge in [0.05, 0.1) is 6.04 Å². The summed E-state index contributed by atoms with van der Waals surface area (Å²) in [5.74, 6) is -2.98. The van der Waals surface area contributed by atoms with E-state index in [4.69, 9.17) is 14.2 Å². The van der Waals surface area contributed by atoms with E-state index in [0.29, 0.717) is 0 Å². The molecule has 0 aliphatic carbocycles. The molecular formula is C21H26N2O8. The van der Waals surface area contributed by atoms with Crippen LogP contribution in [0.4, 0.5) is 0 Å². The Morgan fingerprint density at radius 3 is 2.10 bits per heavy atom. The van der Waals surface area contributed by atoms with Crippen LogP contribution in [-0.2, 0) is 44.7 Å². The Morgan fingerprint density at radius 2 is 1.58 bits per heavy atom. The van der Waals surface area contributed by atoms with Crippen molar-refractivity contribution in [3.63, 3.8) is 0 Å². The first-order chi connectivity index (χ1) is 14.6. The minimum absolute atomic E-state index is 0.162. The summed E-state index contributed by atoms with van der Waals surface area (Å²) >= 11 is 0. The number of nitrogens with zero attached hydrogens (tertiary/aromatic N) is 2. The number of hydrogen-bond donors (Lipinski definition) is 0. The molecule has 0 bridgehead atoms. The highest BCUT2D eigenvalue weighted by atomic mass is 16.6. The summed E-state index contributed by atoms with van der Waals surface area (Å²) in [4.78, 5) is 59.7. The van der Waals surface area contributed by atoms with E-state index in [1.54, 1.807) is 0 Å². The van der Waals surface area contributed by atoms with Gasteiger partial charge in [-0.1, -0.05) is 30.3 Å². The first-order valence-corrected chi connectivity index (χ1v) is 9.72. The van der Waals surface area contributed by atoms with Crippen LogP contribution in [0.1, 0.15) is 39.7 Å². The van der Waals surface area contributed by atoms with Crippen molar-refractivity contribution < 1.29 is 38.2 Å². The molecule has 2 amide bonds.